The van der Waals surface area contributed by atoms with E-state index < -0.39 is 10.0 Å². The van der Waals surface area contributed by atoms with Gasteiger partial charge in [-0.1, -0.05) is 17.7 Å². The molecule has 2 aromatic rings. The summed E-state index contributed by atoms with van der Waals surface area (Å²) in [4.78, 5) is 0.192. The molecule has 2 rings (SSSR count). The van der Waals surface area contributed by atoms with Crippen LogP contribution in [0.5, 0.6) is 5.75 Å². The van der Waals surface area contributed by atoms with Crippen molar-refractivity contribution in [1.29, 1.82) is 0 Å². The van der Waals surface area contributed by atoms with Gasteiger partial charge in [0.15, 0.2) is 0 Å². The third-order valence-corrected chi connectivity index (χ3v) is 6.70. The van der Waals surface area contributed by atoms with E-state index >= 15 is 0 Å². The number of hydrogen-bond donors (Lipinski definition) is 2. The molecule has 2 N–H and O–H groups in total. The maximum absolute atomic E-state index is 12.5. The molecule has 7 heteroatoms. The highest BCUT2D eigenvalue weighted by molar-refractivity contribution is 9.11. The minimum atomic E-state index is -3.69. The van der Waals surface area contributed by atoms with Crippen molar-refractivity contribution in [3.05, 3.63) is 49.9 Å². The normalized spacial score (nSPS) is 11.5. The molecule has 0 aliphatic carbocycles. The number of nitrogens with one attached hydrogen (secondary N) is 1. The summed E-state index contributed by atoms with van der Waals surface area (Å²) in [7, 11) is -3.69. The molecular weight excluding hydrogens is 434 g/mol. The Balaban J connectivity index is 2.53. The molecule has 22 heavy (non-hydrogen) atoms. The Bertz CT molecular complexity index is 802. The van der Waals surface area contributed by atoms with E-state index in [1.54, 1.807) is 38.1 Å². The van der Waals surface area contributed by atoms with Crippen LogP contribution in [0.25, 0.3) is 0 Å². The molecule has 0 unspecified atom stereocenters. The molecular formula is C15H15Br2NO3S. The first-order valence-corrected chi connectivity index (χ1v) is 9.48. The summed E-state index contributed by atoms with van der Waals surface area (Å²) in [6.07, 6.45) is 0. The molecule has 0 saturated heterocycles. The molecule has 0 aliphatic rings. The van der Waals surface area contributed by atoms with Crippen LogP contribution in [0.4, 0.5) is 5.69 Å². The summed E-state index contributed by atoms with van der Waals surface area (Å²) in [5.74, 6) is 0.0493. The molecule has 0 bridgehead atoms. The highest BCUT2D eigenvalue weighted by Gasteiger charge is 2.21. The SMILES string of the molecule is Cc1ccc(S(=O)(=O)Nc2c(C)c(Br)c(O)c(Br)c2C)cc1. The van der Waals surface area contributed by atoms with E-state index in [9.17, 15) is 13.5 Å². The van der Waals surface area contributed by atoms with Crippen LogP contribution in [-0.2, 0) is 10.0 Å². The second-order valence-electron chi connectivity index (χ2n) is 5.02. The van der Waals surface area contributed by atoms with E-state index in [1.807, 2.05) is 6.92 Å². The molecule has 0 fully saturated rings. The van der Waals surface area contributed by atoms with Gasteiger partial charge in [-0.3, -0.25) is 4.72 Å². The van der Waals surface area contributed by atoms with Gasteiger partial charge in [-0.25, -0.2) is 8.42 Å². The topological polar surface area (TPSA) is 66.4 Å². The van der Waals surface area contributed by atoms with Crippen LogP contribution in [0.2, 0.25) is 0 Å². The standard InChI is InChI=1S/C15H15Br2NO3S/c1-8-4-6-11(7-5-8)22(20,21)18-14-9(2)12(16)15(19)13(17)10(14)3/h4-7,18-19H,1-3H3. The van der Waals surface area contributed by atoms with Crippen LogP contribution < -0.4 is 4.72 Å². The maximum atomic E-state index is 12.5. The number of halogens is 2. The molecule has 0 amide bonds. The summed E-state index contributed by atoms with van der Waals surface area (Å²) in [5, 5.41) is 9.97. The van der Waals surface area contributed by atoms with Gasteiger partial charge in [0.1, 0.15) is 5.75 Å². The van der Waals surface area contributed by atoms with Crippen molar-refractivity contribution in [2.75, 3.05) is 4.72 Å². The summed E-state index contributed by atoms with van der Waals surface area (Å²) in [5.41, 5.74) is 2.67. The lowest BCUT2D eigenvalue weighted by molar-refractivity contribution is 0.467. The fourth-order valence-corrected chi connectivity index (χ4v) is 4.26. The van der Waals surface area contributed by atoms with Gasteiger partial charge in [0.2, 0.25) is 0 Å². The third kappa shape index (κ3) is 3.16. The van der Waals surface area contributed by atoms with Crippen LogP contribution >= 0.6 is 31.9 Å². The fraction of sp³-hybridized carbons (Fsp3) is 0.200. The van der Waals surface area contributed by atoms with Crippen molar-refractivity contribution in [3.8, 4) is 5.75 Å². The van der Waals surface area contributed by atoms with Crippen LogP contribution in [0, 0.1) is 20.8 Å². The Morgan fingerprint density at radius 1 is 0.955 bits per heavy atom. The van der Waals surface area contributed by atoms with Crippen molar-refractivity contribution >= 4 is 47.6 Å². The molecule has 4 nitrogen and oxygen atoms in total. The monoisotopic (exact) mass is 447 g/mol. The number of aryl methyl sites for hydroxylation is 1. The van der Waals surface area contributed by atoms with Crippen molar-refractivity contribution in [2.24, 2.45) is 0 Å². The van der Waals surface area contributed by atoms with Gasteiger partial charge in [0.05, 0.1) is 19.5 Å². The Kier molecular flexibility index (Phi) is 4.89. The minimum absolute atomic E-state index is 0.0493. The van der Waals surface area contributed by atoms with Gasteiger partial charge in [0.25, 0.3) is 10.0 Å². The largest absolute Gasteiger partial charge is 0.506 e. The molecule has 0 atom stereocenters. The maximum Gasteiger partial charge on any atom is 0.261 e. The molecule has 0 heterocycles. The van der Waals surface area contributed by atoms with Crippen molar-refractivity contribution in [3.63, 3.8) is 0 Å². The highest BCUT2D eigenvalue weighted by Crippen LogP contribution is 2.43. The third-order valence-electron chi connectivity index (χ3n) is 3.39. The number of rotatable bonds is 3. The van der Waals surface area contributed by atoms with Gasteiger partial charge in [0, 0.05) is 0 Å². The van der Waals surface area contributed by atoms with E-state index in [2.05, 4.69) is 36.6 Å². The molecule has 0 spiro atoms. The van der Waals surface area contributed by atoms with Gasteiger partial charge in [-0.2, -0.15) is 0 Å². The van der Waals surface area contributed by atoms with Gasteiger partial charge < -0.3 is 5.11 Å². The molecule has 118 valence electrons. The first-order valence-electron chi connectivity index (χ1n) is 6.41. The molecule has 0 aromatic heterocycles. The first kappa shape index (κ1) is 17.3. The van der Waals surface area contributed by atoms with E-state index in [-0.39, 0.29) is 10.6 Å². The van der Waals surface area contributed by atoms with E-state index in [0.29, 0.717) is 25.8 Å². The van der Waals surface area contributed by atoms with Gasteiger partial charge in [-0.05, 0) is 75.9 Å². The molecule has 0 radical (unpaired) electrons. The van der Waals surface area contributed by atoms with Crippen molar-refractivity contribution in [2.45, 2.75) is 25.7 Å². The van der Waals surface area contributed by atoms with E-state index in [0.717, 1.165) is 5.56 Å². The van der Waals surface area contributed by atoms with Gasteiger partial charge in [-0.15, -0.1) is 0 Å². The van der Waals surface area contributed by atoms with Crippen LogP contribution in [0.1, 0.15) is 16.7 Å². The second kappa shape index (κ2) is 6.22. The number of hydrogen-bond acceptors (Lipinski definition) is 3. The first-order chi connectivity index (χ1) is 10.1. The van der Waals surface area contributed by atoms with Gasteiger partial charge >= 0.3 is 0 Å². The lowest BCUT2D eigenvalue weighted by Gasteiger charge is -2.17. The second-order valence-corrected chi connectivity index (χ2v) is 8.29. The summed E-state index contributed by atoms with van der Waals surface area (Å²) in [6, 6.07) is 6.62. The minimum Gasteiger partial charge on any atom is -0.506 e. The molecule has 0 aliphatic heterocycles. The van der Waals surface area contributed by atoms with Crippen LogP contribution in [-0.4, -0.2) is 13.5 Å². The quantitative estimate of drug-likeness (QED) is 0.672. The number of anilines is 1. The Labute approximate surface area is 146 Å². The lowest BCUT2D eigenvalue weighted by atomic mass is 10.1. The predicted octanol–water partition coefficient (Wildman–Crippen LogP) is 4.64. The summed E-state index contributed by atoms with van der Waals surface area (Å²) in [6.45, 7) is 5.36. The van der Waals surface area contributed by atoms with Crippen molar-refractivity contribution < 1.29 is 13.5 Å². The van der Waals surface area contributed by atoms with E-state index in [4.69, 9.17) is 0 Å². The molecule has 0 saturated carbocycles. The van der Waals surface area contributed by atoms with Crippen LogP contribution in [0.3, 0.4) is 0 Å². The number of phenols is 1. The zero-order chi connectivity index (χ0) is 16.7. The van der Waals surface area contributed by atoms with Crippen LogP contribution in [0.15, 0.2) is 38.1 Å². The lowest BCUT2D eigenvalue weighted by Crippen LogP contribution is -2.15. The average Bonchev–Trinajstić information content (AvgIpc) is 2.48. The number of aromatic hydroxyl groups is 1. The Morgan fingerprint density at radius 2 is 1.41 bits per heavy atom. The van der Waals surface area contributed by atoms with E-state index in [1.165, 1.54) is 0 Å². The highest BCUT2D eigenvalue weighted by atomic mass is 79.9. The zero-order valence-electron chi connectivity index (χ0n) is 12.2. The predicted molar refractivity (Wildman–Crippen MR) is 95.0 cm³/mol. The number of phenolic OH excluding ortho intramolecular Hbond substituents is 1. The Hall–Kier alpha value is -1.05. The molecule has 2 aromatic carbocycles. The number of sulfonamides is 1. The summed E-state index contributed by atoms with van der Waals surface area (Å²) >= 11 is 6.55. The zero-order valence-corrected chi connectivity index (χ0v) is 16.2. The van der Waals surface area contributed by atoms with Crippen molar-refractivity contribution in [1.82, 2.24) is 0 Å². The number of benzene rings is 2. The Morgan fingerprint density at radius 3 is 1.86 bits per heavy atom. The summed E-state index contributed by atoms with van der Waals surface area (Å²) < 4.78 is 28.5. The average molecular weight is 449 g/mol. The smallest absolute Gasteiger partial charge is 0.261 e. The fourth-order valence-electron chi connectivity index (χ4n) is 2.02.